The Hall–Kier alpha value is -3.61. The monoisotopic (exact) mass is 415 g/mol. The normalized spacial score (nSPS) is 22.5. The van der Waals surface area contributed by atoms with Gasteiger partial charge in [-0.05, 0) is 38.0 Å². The fraction of sp³-hybridized carbons (Fsp3) is 0.292. The summed E-state index contributed by atoms with van der Waals surface area (Å²) in [5.41, 5.74) is 4.25. The number of urea groups is 1. The molecule has 7 nitrogen and oxygen atoms in total. The minimum Gasteiger partial charge on any atom is -0.302 e. The molecule has 0 aliphatic carbocycles. The van der Waals surface area contributed by atoms with Crippen molar-refractivity contribution in [2.24, 2.45) is 4.99 Å². The Bertz CT molecular complexity index is 1090. The van der Waals surface area contributed by atoms with E-state index >= 15 is 0 Å². The van der Waals surface area contributed by atoms with E-state index in [-0.39, 0.29) is 11.9 Å². The van der Waals surface area contributed by atoms with E-state index in [1.165, 1.54) is 10.5 Å². The number of aliphatic imine (C=N–C) groups is 1. The van der Waals surface area contributed by atoms with Gasteiger partial charge >= 0.3 is 6.03 Å². The number of aryl methyl sites for hydroxylation is 1. The zero-order chi connectivity index (χ0) is 21.7. The number of benzene rings is 2. The largest absolute Gasteiger partial charge is 0.328 e. The van der Waals surface area contributed by atoms with Crippen molar-refractivity contribution in [2.75, 3.05) is 18.5 Å². The van der Waals surface area contributed by atoms with Crippen LogP contribution in [0.2, 0.25) is 0 Å². The number of anilines is 1. The topological polar surface area (TPSA) is 59.5 Å². The number of amides is 3. The van der Waals surface area contributed by atoms with Gasteiger partial charge in [0, 0.05) is 31.2 Å². The molecule has 2 unspecified atom stereocenters. The fourth-order valence-electron chi connectivity index (χ4n) is 4.46. The zero-order valence-electron chi connectivity index (χ0n) is 17.9. The highest BCUT2D eigenvalue weighted by molar-refractivity contribution is 6.09. The van der Waals surface area contributed by atoms with E-state index < -0.39 is 12.2 Å². The second-order valence-electron chi connectivity index (χ2n) is 8.26. The van der Waals surface area contributed by atoms with Crippen LogP contribution >= 0.6 is 0 Å². The summed E-state index contributed by atoms with van der Waals surface area (Å²) >= 11 is 0. The third-order valence-electron chi connectivity index (χ3n) is 6.15. The quantitative estimate of drug-likeness (QED) is 0.770. The van der Waals surface area contributed by atoms with Crippen molar-refractivity contribution in [3.63, 3.8) is 0 Å². The molecule has 7 heteroatoms. The van der Waals surface area contributed by atoms with Crippen LogP contribution in [0.3, 0.4) is 0 Å². The van der Waals surface area contributed by atoms with E-state index in [0.29, 0.717) is 18.9 Å². The number of hydrogen-bond acceptors (Lipinski definition) is 5. The lowest BCUT2D eigenvalue weighted by Gasteiger charge is -2.40. The number of fused-ring (bicyclic) bond motifs is 3. The lowest BCUT2D eigenvalue weighted by Crippen LogP contribution is -2.64. The highest BCUT2D eigenvalue weighted by Gasteiger charge is 2.54. The Balaban J connectivity index is 1.42. The van der Waals surface area contributed by atoms with Crippen LogP contribution in [0.15, 0.2) is 71.5 Å². The molecule has 3 aliphatic rings. The summed E-state index contributed by atoms with van der Waals surface area (Å²) in [4.78, 5) is 38.1. The molecule has 1 saturated heterocycles. The summed E-state index contributed by atoms with van der Waals surface area (Å²) in [5.74, 6) is 0.492. The molecule has 31 heavy (non-hydrogen) atoms. The second kappa shape index (κ2) is 7.27. The number of guanidine groups is 1. The zero-order valence-corrected chi connectivity index (χ0v) is 17.9. The summed E-state index contributed by atoms with van der Waals surface area (Å²) in [5, 5.41) is 0. The van der Waals surface area contributed by atoms with Crippen LogP contribution in [0.1, 0.15) is 18.1 Å². The molecular formula is C24H25N5O2. The number of allylic oxidation sites excluding steroid dienone is 1. The predicted octanol–water partition coefficient (Wildman–Crippen LogP) is 3.18. The molecule has 158 valence electrons. The molecule has 0 N–H and O–H groups in total. The van der Waals surface area contributed by atoms with Gasteiger partial charge in [0.15, 0.2) is 12.2 Å². The van der Waals surface area contributed by atoms with Gasteiger partial charge in [0.05, 0.1) is 0 Å². The van der Waals surface area contributed by atoms with Gasteiger partial charge in [0.25, 0.3) is 5.91 Å². The van der Waals surface area contributed by atoms with Gasteiger partial charge < -0.3 is 9.80 Å². The molecule has 2 aromatic rings. The first-order valence-corrected chi connectivity index (χ1v) is 10.5. The molecule has 0 aromatic heterocycles. The van der Waals surface area contributed by atoms with Crippen molar-refractivity contribution < 1.29 is 9.59 Å². The van der Waals surface area contributed by atoms with E-state index in [4.69, 9.17) is 4.99 Å². The summed E-state index contributed by atoms with van der Waals surface area (Å²) < 4.78 is 0. The van der Waals surface area contributed by atoms with E-state index in [1.54, 1.807) is 11.9 Å². The Morgan fingerprint density at radius 1 is 0.968 bits per heavy atom. The SMILES string of the molecule is CC1=CN2C(=NC3C2C(=O)N(CCc2ccccc2)C(=O)N3C)N1c1ccc(C)cc1. The second-order valence-corrected chi connectivity index (χ2v) is 8.26. The van der Waals surface area contributed by atoms with Gasteiger partial charge in [-0.2, -0.15) is 0 Å². The molecule has 1 fully saturated rings. The number of rotatable bonds is 4. The van der Waals surface area contributed by atoms with Crippen LogP contribution in [0, 0.1) is 6.92 Å². The molecule has 0 saturated carbocycles. The minimum absolute atomic E-state index is 0.197. The number of nitrogens with zero attached hydrogens (tertiary/aromatic N) is 5. The van der Waals surface area contributed by atoms with Crippen molar-refractivity contribution in [1.82, 2.24) is 14.7 Å². The van der Waals surface area contributed by atoms with Gasteiger partial charge in [-0.25, -0.2) is 9.79 Å². The van der Waals surface area contributed by atoms with Crippen molar-refractivity contribution in [3.8, 4) is 0 Å². The van der Waals surface area contributed by atoms with E-state index in [0.717, 1.165) is 16.9 Å². The molecule has 3 aliphatic heterocycles. The lowest BCUT2D eigenvalue weighted by atomic mass is 10.1. The molecular weight excluding hydrogens is 390 g/mol. The summed E-state index contributed by atoms with van der Waals surface area (Å²) in [6.45, 7) is 4.40. The molecule has 0 bridgehead atoms. The number of hydrogen-bond donors (Lipinski definition) is 0. The third kappa shape index (κ3) is 3.08. The van der Waals surface area contributed by atoms with Crippen LogP contribution in [0.4, 0.5) is 10.5 Å². The average Bonchev–Trinajstić information content (AvgIpc) is 3.28. The van der Waals surface area contributed by atoms with Crippen molar-refractivity contribution in [1.29, 1.82) is 0 Å². The summed E-state index contributed by atoms with van der Waals surface area (Å²) in [6.07, 6.45) is 2.06. The predicted molar refractivity (Wildman–Crippen MR) is 119 cm³/mol. The highest BCUT2D eigenvalue weighted by Crippen LogP contribution is 2.36. The minimum atomic E-state index is -0.543. The Morgan fingerprint density at radius 2 is 1.68 bits per heavy atom. The van der Waals surface area contributed by atoms with Gasteiger partial charge in [-0.1, -0.05) is 48.0 Å². The van der Waals surface area contributed by atoms with E-state index in [1.807, 2.05) is 72.3 Å². The van der Waals surface area contributed by atoms with Gasteiger partial charge in [0.2, 0.25) is 5.96 Å². The van der Waals surface area contributed by atoms with Crippen molar-refractivity contribution >= 4 is 23.6 Å². The van der Waals surface area contributed by atoms with E-state index in [2.05, 4.69) is 12.1 Å². The first-order chi connectivity index (χ1) is 15.0. The van der Waals surface area contributed by atoms with Gasteiger partial charge in [0.1, 0.15) is 0 Å². The smallest absolute Gasteiger partial charge is 0.302 e. The molecule has 0 radical (unpaired) electrons. The molecule has 0 spiro atoms. The first kappa shape index (κ1) is 19.4. The molecule has 2 aromatic carbocycles. The first-order valence-electron chi connectivity index (χ1n) is 10.5. The molecule has 2 atom stereocenters. The average molecular weight is 415 g/mol. The number of likely N-dealkylation sites (N-methyl/N-ethyl adjacent to an activating group) is 1. The number of carbonyl (C=O) groups is 2. The van der Waals surface area contributed by atoms with Crippen LogP contribution in [-0.4, -0.2) is 58.4 Å². The summed E-state index contributed by atoms with van der Waals surface area (Å²) in [6, 6.07) is 17.3. The van der Waals surface area contributed by atoms with Gasteiger partial charge in [-0.15, -0.1) is 0 Å². The fourth-order valence-corrected chi connectivity index (χ4v) is 4.46. The van der Waals surface area contributed by atoms with Crippen molar-refractivity contribution in [2.45, 2.75) is 32.5 Å². The molecule has 5 rings (SSSR count). The maximum absolute atomic E-state index is 13.4. The number of imide groups is 1. The molecule has 3 amide bonds. The Kier molecular flexibility index (Phi) is 4.54. The van der Waals surface area contributed by atoms with Crippen molar-refractivity contribution in [3.05, 3.63) is 77.6 Å². The maximum atomic E-state index is 13.4. The van der Waals surface area contributed by atoms with Crippen LogP contribution in [0.25, 0.3) is 0 Å². The van der Waals surface area contributed by atoms with Crippen LogP contribution in [0.5, 0.6) is 0 Å². The molecule has 3 heterocycles. The Labute approximate surface area is 181 Å². The Morgan fingerprint density at radius 3 is 2.39 bits per heavy atom. The standard InChI is InChI=1S/C24H25N5O2/c1-16-9-11-19(12-10-16)29-17(2)15-28-20-21(25-23(28)29)26(3)24(31)27(22(20)30)14-13-18-7-5-4-6-8-18/h4-12,15,20-21H,13-14H2,1-3H3. The van der Waals surface area contributed by atoms with E-state index in [9.17, 15) is 9.59 Å². The third-order valence-corrected chi connectivity index (χ3v) is 6.15. The highest BCUT2D eigenvalue weighted by atomic mass is 16.2. The van der Waals surface area contributed by atoms with Gasteiger partial charge in [-0.3, -0.25) is 14.6 Å². The lowest BCUT2D eigenvalue weighted by molar-refractivity contribution is -0.136. The van der Waals surface area contributed by atoms with Crippen LogP contribution < -0.4 is 4.90 Å². The number of carbonyl (C=O) groups excluding carboxylic acids is 2. The maximum Gasteiger partial charge on any atom is 0.328 e. The van der Waals surface area contributed by atoms with Crippen LogP contribution in [-0.2, 0) is 11.2 Å². The summed E-state index contributed by atoms with van der Waals surface area (Å²) in [7, 11) is 1.72.